The Balaban J connectivity index is 1.86. The molecule has 0 spiro atoms. The third-order valence-electron chi connectivity index (χ3n) is 5.40. The Morgan fingerprint density at radius 2 is 1.00 bits per heavy atom. The maximum absolute atomic E-state index is 10.7. The van der Waals surface area contributed by atoms with Gasteiger partial charge in [-0.2, -0.15) is 0 Å². The van der Waals surface area contributed by atoms with Crippen LogP contribution in [-0.4, -0.2) is 10.2 Å². The molecule has 0 amide bonds. The van der Waals surface area contributed by atoms with Gasteiger partial charge < -0.3 is 10.2 Å². The van der Waals surface area contributed by atoms with Crippen LogP contribution in [0, 0.1) is 0 Å². The SMILES string of the molecule is Oc1ccc2ccc(O)c3c2c1[C@H](c1ccccc1)N[C@H]3c1ccccc1. The van der Waals surface area contributed by atoms with Gasteiger partial charge in [0.1, 0.15) is 11.5 Å². The standard InChI is InChI=1S/C24H19NO2/c26-18-13-11-15-12-14-19(27)22-20(15)21(18)23(16-7-3-1-4-8-16)25-24(22)17-9-5-2-6-10-17/h1-14,23-27H/t23-,24-/m0/s1. The Kier molecular flexibility index (Phi) is 3.62. The van der Waals surface area contributed by atoms with E-state index in [9.17, 15) is 10.2 Å². The average Bonchev–Trinajstić information content (AvgIpc) is 2.73. The second-order valence-corrected chi connectivity index (χ2v) is 6.95. The predicted octanol–water partition coefficient (Wildman–Crippen LogP) is 5.03. The topological polar surface area (TPSA) is 52.5 Å². The molecule has 0 aromatic heterocycles. The van der Waals surface area contributed by atoms with Crippen molar-refractivity contribution >= 4 is 10.8 Å². The van der Waals surface area contributed by atoms with Crippen LogP contribution < -0.4 is 5.32 Å². The van der Waals surface area contributed by atoms with Gasteiger partial charge in [-0.3, -0.25) is 5.32 Å². The van der Waals surface area contributed by atoms with Gasteiger partial charge in [0.2, 0.25) is 0 Å². The zero-order valence-corrected chi connectivity index (χ0v) is 14.6. The van der Waals surface area contributed by atoms with Crippen molar-refractivity contribution in [1.29, 1.82) is 0 Å². The molecule has 0 fully saturated rings. The van der Waals surface area contributed by atoms with Gasteiger partial charge in [-0.1, -0.05) is 72.8 Å². The smallest absolute Gasteiger partial charge is 0.121 e. The summed E-state index contributed by atoms with van der Waals surface area (Å²) in [6.07, 6.45) is 0. The first kappa shape index (κ1) is 15.9. The molecule has 1 heterocycles. The van der Waals surface area contributed by atoms with E-state index in [1.807, 2.05) is 48.5 Å². The fourth-order valence-corrected chi connectivity index (χ4v) is 4.19. The molecule has 27 heavy (non-hydrogen) atoms. The van der Waals surface area contributed by atoms with E-state index in [1.165, 1.54) is 0 Å². The molecule has 4 aromatic carbocycles. The molecule has 2 atom stereocenters. The first-order chi connectivity index (χ1) is 13.2. The molecule has 1 aliphatic heterocycles. The molecule has 4 aromatic rings. The van der Waals surface area contributed by atoms with Crippen molar-refractivity contribution in [1.82, 2.24) is 5.32 Å². The monoisotopic (exact) mass is 353 g/mol. The number of rotatable bonds is 2. The van der Waals surface area contributed by atoms with E-state index in [4.69, 9.17) is 0 Å². The summed E-state index contributed by atoms with van der Waals surface area (Å²) in [5.41, 5.74) is 3.79. The lowest BCUT2D eigenvalue weighted by Crippen LogP contribution is -2.32. The van der Waals surface area contributed by atoms with Gasteiger partial charge in [-0.25, -0.2) is 0 Å². The normalized spacial score (nSPS) is 18.5. The molecule has 0 saturated heterocycles. The highest BCUT2D eigenvalue weighted by molar-refractivity contribution is 5.95. The third-order valence-corrected chi connectivity index (χ3v) is 5.40. The number of hydrogen-bond donors (Lipinski definition) is 3. The quantitative estimate of drug-likeness (QED) is 0.474. The van der Waals surface area contributed by atoms with Crippen LogP contribution in [0.15, 0.2) is 84.9 Å². The Bertz CT molecular complexity index is 1040. The highest BCUT2D eigenvalue weighted by atomic mass is 16.3. The summed E-state index contributed by atoms with van der Waals surface area (Å²) in [4.78, 5) is 0. The number of hydrogen-bond acceptors (Lipinski definition) is 3. The largest absolute Gasteiger partial charge is 0.508 e. The molecule has 3 N–H and O–H groups in total. The highest BCUT2D eigenvalue weighted by Crippen LogP contribution is 2.48. The molecular formula is C24H19NO2. The number of benzene rings is 4. The number of nitrogens with one attached hydrogen (secondary N) is 1. The van der Waals surface area contributed by atoms with E-state index in [0.717, 1.165) is 33.0 Å². The number of aromatic hydroxyl groups is 2. The molecule has 0 aliphatic carbocycles. The molecule has 0 radical (unpaired) electrons. The van der Waals surface area contributed by atoms with E-state index >= 15 is 0 Å². The molecule has 5 rings (SSSR count). The average molecular weight is 353 g/mol. The van der Waals surface area contributed by atoms with Crippen molar-refractivity contribution in [2.24, 2.45) is 0 Å². The van der Waals surface area contributed by atoms with Crippen LogP contribution in [0.5, 0.6) is 11.5 Å². The van der Waals surface area contributed by atoms with E-state index < -0.39 is 0 Å². The second kappa shape index (κ2) is 6.15. The summed E-state index contributed by atoms with van der Waals surface area (Å²) in [6, 6.07) is 27.2. The molecule has 0 saturated carbocycles. The van der Waals surface area contributed by atoms with Gasteiger partial charge in [-0.15, -0.1) is 0 Å². The molecule has 0 bridgehead atoms. The van der Waals surface area contributed by atoms with Crippen molar-refractivity contribution in [2.75, 3.05) is 0 Å². The van der Waals surface area contributed by atoms with Gasteiger partial charge >= 0.3 is 0 Å². The van der Waals surface area contributed by atoms with Crippen LogP contribution >= 0.6 is 0 Å². The minimum absolute atomic E-state index is 0.172. The predicted molar refractivity (Wildman–Crippen MR) is 107 cm³/mol. The van der Waals surface area contributed by atoms with E-state index in [-0.39, 0.29) is 23.6 Å². The van der Waals surface area contributed by atoms with Gasteiger partial charge in [-0.05, 0) is 34.0 Å². The van der Waals surface area contributed by atoms with Crippen molar-refractivity contribution in [3.05, 3.63) is 107 Å². The van der Waals surface area contributed by atoms with Gasteiger partial charge in [0.05, 0.1) is 12.1 Å². The van der Waals surface area contributed by atoms with Crippen molar-refractivity contribution in [2.45, 2.75) is 12.1 Å². The zero-order chi connectivity index (χ0) is 18.4. The van der Waals surface area contributed by atoms with Gasteiger partial charge in [0.25, 0.3) is 0 Å². The first-order valence-electron chi connectivity index (χ1n) is 9.07. The Morgan fingerprint density at radius 3 is 1.44 bits per heavy atom. The van der Waals surface area contributed by atoms with Crippen LogP contribution in [0.1, 0.15) is 34.3 Å². The van der Waals surface area contributed by atoms with Crippen molar-refractivity contribution < 1.29 is 10.2 Å². The molecule has 3 nitrogen and oxygen atoms in total. The fraction of sp³-hybridized carbons (Fsp3) is 0.0833. The summed E-state index contributed by atoms with van der Waals surface area (Å²) in [7, 11) is 0. The summed E-state index contributed by atoms with van der Waals surface area (Å²) in [5, 5.41) is 27.1. The minimum atomic E-state index is -0.172. The van der Waals surface area contributed by atoms with Gasteiger partial charge in [0, 0.05) is 11.1 Å². The van der Waals surface area contributed by atoms with Crippen LogP contribution in [0.4, 0.5) is 0 Å². The lowest BCUT2D eigenvalue weighted by atomic mass is 9.81. The van der Waals surface area contributed by atoms with E-state index in [1.54, 1.807) is 12.1 Å². The van der Waals surface area contributed by atoms with Crippen LogP contribution in [0.2, 0.25) is 0 Å². The summed E-state index contributed by atoms with van der Waals surface area (Å²) < 4.78 is 0. The first-order valence-corrected chi connectivity index (χ1v) is 9.07. The summed E-state index contributed by atoms with van der Waals surface area (Å²) in [5.74, 6) is 0.476. The maximum Gasteiger partial charge on any atom is 0.121 e. The van der Waals surface area contributed by atoms with Crippen LogP contribution in [-0.2, 0) is 0 Å². The molecule has 3 heteroatoms. The van der Waals surface area contributed by atoms with Crippen molar-refractivity contribution in [3.8, 4) is 11.5 Å². The lowest BCUT2D eigenvalue weighted by Gasteiger charge is -2.35. The Hall–Kier alpha value is -3.30. The highest BCUT2D eigenvalue weighted by Gasteiger charge is 2.33. The summed E-state index contributed by atoms with van der Waals surface area (Å²) in [6.45, 7) is 0. The summed E-state index contributed by atoms with van der Waals surface area (Å²) >= 11 is 0. The van der Waals surface area contributed by atoms with E-state index in [0.29, 0.717) is 0 Å². The Morgan fingerprint density at radius 1 is 0.556 bits per heavy atom. The number of phenolic OH excluding ortho intramolecular Hbond substituents is 2. The molecule has 1 aliphatic rings. The van der Waals surface area contributed by atoms with Crippen molar-refractivity contribution in [3.63, 3.8) is 0 Å². The van der Waals surface area contributed by atoms with Gasteiger partial charge in [0.15, 0.2) is 0 Å². The van der Waals surface area contributed by atoms with Crippen LogP contribution in [0.25, 0.3) is 10.8 Å². The van der Waals surface area contributed by atoms with E-state index in [2.05, 4.69) is 29.6 Å². The lowest BCUT2D eigenvalue weighted by molar-refractivity contribution is 0.433. The molecule has 132 valence electrons. The minimum Gasteiger partial charge on any atom is -0.508 e. The van der Waals surface area contributed by atoms with Crippen LogP contribution in [0.3, 0.4) is 0 Å². The zero-order valence-electron chi connectivity index (χ0n) is 14.6. The Labute approximate surface area is 157 Å². The molecule has 0 unspecified atom stereocenters. The second-order valence-electron chi connectivity index (χ2n) is 6.95. The number of phenols is 2. The fourth-order valence-electron chi connectivity index (χ4n) is 4.19. The third kappa shape index (κ3) is 2.47. The maximum atomic E-state index is 10.7. The molecular weight excluding hydrogens is 334 g/mol.